The summed E-state index contributed by atoms with van der Waals surface area (Å²) in [5.41, 5.74) is 5.29. The van der Waals surface area contributed by atoms with Crippen molar-refractivity contribution in [2.75, 3.05) is 27.4 Å². The maximum atomic E-state index is 12.1. The Morgan fingerprint density at radius 1 is 0.792 bits per heavy atom. The van der Waals surface area contributed by atoms with E-state index in [1.54, 1.807) is 6.07 Å². The normalized spacial score (nSPS) is 23.2. The van der Waals surface area contributed by atoms with Crippen LogP contribution in [-0.4, -0.2) is 78.2 Å². The van der Waals surface area contributed by atoms with Gasteiger partial charge in [0, 0.05) is 72.2 Å². The number of methoxy groups -OCH3 is 2. The number of hydrogen-bond acceptors (Lipinski definition) is 10. The second-order valence-electron chi connectivity index (χ2n) is 14.9. The predicted octanol–water partition coefficient (Wildman–Crippen LogP) is 7.05. The van der Waals surface area contributed by atoms with Crippen molar-refractivity contribution < 1.29 is 33.3 Å². The average molecular weight is 719 g/mol. The molecule has 1 spiro atoms. The lowest BCUT2D eigenvalue weighted by molar-refractivity contribution is -0.131. The fraction of sp³-hybridized carbons (Fsp3) is 0.429. The Morgan fingerprint density at radius 2 is 1.57 bits per heavy atom. The number of ether oxygens (including phenoxy) is 5. The van der Waals surface area contributed by atoms with Crippen molar-refractivity contribution >= 4 is 33.7 Å². The highest BCUT2D eigenvalue weighted by Crippen LogP contribution is 2.57. The average Bonchev–Trinajstić information content (AvgIpc) is 3.43. The van der Waals surface area contributed by atoms with Gasteiger partial charge in [-0.25, -0.2) is 14.6 Å². The third-order valence-electron chi connectivity index (χ3n) is 11.4. The molecule has 276 valence electrons. The Morgan fingerprint density at radius 3 is 2.34 bits per heavy atom. The highest BCUT2D eigenvalue weighted by Gasteiger charge is 2.54. The molecular weight excluding hydrogens is 672 g/mol. The zero-order valence-corrected chi connectivity index (χ0v) is 30.5. The van der Waals surface area contributed by atoms with E-state index in [1.165, 1.54) is 61.0 Å². The lowest BCUT2D eigenvalue weighted by Gasteiger charge is -2.58. The number of hydrogen-bond donors (Lipinski definition) is 1. The molecule has 3 aliphatic carbocycles. The molecule has 0 radical (unpaired) electrons. The van der Waals surface area contributed by atoms with Crippen LogP contribution in [0.1, 0.15) is 72.1 Å². The second-order valence-corrected chi connectivity index (χ2v) is 14.9. The molecule has 11 heteroatoms. The number of carbonyl (C=O) groups excluding carboxylic acids is 2. The van der Waals surface area contributed by atoms with Crippen LogP contribution in [0.25, 0.3) is 32.9 Å². The Bertz CT molecular complexity index is 2110. The van der Waals surface area contributed by atoms with Gasteiger partial charge in [0.25, 0.3) is 0 Å². The quantitative estimate of drug-likeness (QED) is 0.0944. The van der Waals surface area contributed by atoms with Gasteiger partial charge < -0.3 is 33.6 Å². The van der Waals surface area contributed by atoms with E-state index in [1.807, 2.05) is 24.7 Å². The van der Waals surface area contributed by atoms with Crippen molar-refractivity contribution in [3.63, 3.8) is 0 Å². The Balaban J connectivity index is 0.697. The summed E-state index contributed by atoms with van der Waals surface area (Å²) in [7, 11) is 4.64. The van der Waals surface area contributed by atoms with Crippen LogP contribution >= 0.6 is 0 Å². The van der Waals surface area contributed by atoms with Gasteiger partial charge in [-0.1, -0.05) is 12.1 Å². The number of benzene rings is 2. The first-order chi connectivity index (χ1) is 25.8. The van der Waals surface area contributed by atoms with Gasteiger partial charge in [-0.2, -0.15) is 0 Å². The number of rotatable bonds is 14. The molecule has 1 N–H and O–H groups in total. The first-order valence-corrected chi connectivity index (χ1v) is 18.6. The molecule has 3 aromatic heterocycles. The third kappa shape index (κ3) is 7.20. The summed E-state index contributed by atoms with van der Waals surface area (Å²) in [5, 5.41) is 6.24. The number of aromatic nitrogens is 3. The van der Waals surface area contributed by atoms with Crippen LogP contribution in [0.2, 0.25) is 0 Å². The minimum absolute atomic E-state index is 0.124. The molecule has 5 aromatic rings. The van der Waals surface area contributed by atoms with E-state index in [-0.39, 0.29) is 17.2 Å². The van der Waals surface area contributed by atoms with Gasteiger partial charge in [0.05, 0.1) is 43.6 Å². The topological polar surface area (TPSA) is 123 Å². The summed E-state index contributed by atoms with van der Waals surface area (Å²) >= 11 is 0. The minimum atomic E-state index is -0.612. The van der Waals surface area contributed by atoms with Crippen LogP contribution in [0, 0.1) is 5.41 Å². The first-order valence-electron chi connectivity index (χ1n) is 18.6. The van der Waals surface area contributed by atoms with Crippen molar-refractivity contribution in [2.24, 2.45) is 12.5 Å². The van der Waals surface area contributed by atoms with E-state index in [9.17, 15) is 9.59 Å². The van der Waals surface area contributed by atoms with Crippen molar-refractivity contribution in [1.29, 1.82) is 0 Å². The molecular formula is C42H46N4O7. The molecule has 3 fully saturated rings. The van der Waals surface area contributed by atoms with Crippen molar-refractivity contribution in [3.8, 4) is 22.8 Å². The molecule has 0 amide bonds. The molecule has 11 nitrogen and oxygen atoms in total. The van der Waals surface area contributed by atoms with Crippen LogP contribution in [0.3, 0.4) is 0 Å². The van der Waals surface area contributed by atoms with Crippen molar-refractivity contribution in [2.45, 2.75) is 75.7 Å². The van der Waals surface area contributed by atoms with E-state index < -0.39 is 11.9 Å². The van der Waals surface area contributed by atoms with Gasteiger partial charge in [-0.05, 0) is 98.7 Å². The standard InChI is InChI=1S/C42H46N4O7/c1-46-37-12-13-43-25-36(37)33-9-6-26(16-38(33)46)27-7-11-39(44-24-27)53-31-17-28(18-31)45-29-20-42(21-29)22-32(23-42)52-15-5-4-14-51-30-8-10-34(40(47)49-2)35(19-30)41(48)50-3/h6-13,16,19,24-25,28-29,31-32,45H,4-5,14-15,17-18,20-23H2,1-3H3. The van der Waals surface area contributed by atoms with Crippen LogP contribution in [-0.2, 0) is 21.3 Å². The van der Waals surface area contributed by atoms with Gasteiger partial charge in [-0.15, -0.1) is 0 Å². The summed E-state index contributed by atoms with van der Waals surface area (Å²) in [5.74, 6) is -0.0175. The van der Waals surface area contributed by atoms with Gasteiger partial charge in [-0.3, -0.25) is 4.98 Å². The maximum Gasteiger partial charge on any atom is 0.338 e. The van der Waals surface area contributed by atoms with E-state index in [0.717, 1.165) is 49.7 Å². The molecule has 3 saturated carbocycles. The fourth-order valence-corrected chi connectivity index (χ4v) is 8.44. The zero-order chi connectivity index (χ0) is 36.5. The maximum absolute atomic E-state index is 12.1. The summed E-state index contributed by atoms with van der Waals surface area (Å²) in [6, 6.07) is 18.5. The molecule has 0 atom stereocenters. The van der Waals surface area contributed by atoms with Crippen LogP contribution < -0.4 is 14.8 Å². The summed E-state index contributed by atoms with van der Waals surface area (Å²) in [4.78, 5) is 33.0. The smallest absolute Gasteiger partial charge is 0.338 e. The van der Waals surface area contributed by atoms with Gasteiger partial charge in [0.15, 0.2) is 0 Å². The van der Waals surface area contributed by atoms with Crippen LogP contribution in [0.15, 0.2) is 73.2 Å². The minimum Gasteiger partial charge on any atom is -0.494 e. The van der Waals surface area contributed by atoms with Gasteiger partial charge >= 0.3 is 11.9 Å². The molecule has 3 heterocycles. The van der Waals surface area contributed by atoms with Crippen molar-refractivity contribution in [3.05, 3.63) is 84.3 Å². The number of unbranched alkanes of at least 4 members (excludes halogenated alkanes) is 1. The highest BCUT2D eigenvalue weighted by atomic mass is 16.5. The molecule has 53 heavy (non-hydrogen) atoms. The van der Waals surface area contributed by atoms with Crippen molar-refractivity contribution in [1.82, 2.24) is 19.9 Å². The number of pyridine rings is 2. The Kier molecular flexibility index (Phi) is 9.78. The van der Waals surface area contributed by atoms with Crippen LogP contribution in [0.5, 0.6) is 11.6 Å². The molecule has 0 aliphatic heterocycles. The summed E-state index contributed by atoms with van der Waals surface area (Å²) in [6.45, 7) is 1.20. The lowest BCUT2D eigenvalue weighted by Crippen LogP contribution is -2.61. The summed E-state index contributed by atoms with van der Waals surface area (Å²) in [6.07, 6.45) is 14.7. The van der Waals surface area contributed by atoms with E-state index in [2.05, 4.69) is 57.2 Å². The first kappa shape index (κ1) is 35.1. The number of nitrogens with one attached hydrogen (secondary N) is 1. The summed E-state index contributed by atoms with van der Waals surface area (Å²) < 4.78 is 30.0. The molecule has 2 aromatic carbocycles. The van der Waals surface area contributed by atoms with Gasteiger partial charge in [0.2, 0.25) is 5.88 Å². The molecule has 3 aliphatic rings. The number of aryl methyl sites for hydroxylation is 1. The highest BCUT2D eigenvalue weighted by molar-refractivity contribution is 6.08. The zero-order valence-electron chi connectivity index (χ0n) is 30.5. The number of fused-ring (bicyclic) bond motifs is 3. The Hall–Kier alpha value is -5.00. The SMILES string of the molecule is COC(=O)c1ccc(OCCCCOC2CC3(CC(NC4CC(Oc5ccc(-c6ccc7c8cnccc8n(C)c7c6)cn5)C4)C3)C2)cc1C(=O)OC. The Labute approximate surface area is 308 Å². The van der Waals surface area contributed by atoms with Gasteiger partial charge in [0.1, 0.15) is 11.9 Å². The number of esters is 2. The lowest BCUT2D eigenvalue weighted by atomic mass is 9.52. The second kappa shape index (κ2) is 14.8. The fourth-order valence-electron chi connectivity index (χ4n) is 8.44. The predicted molar refractivity (Wildman–Crippen MR) is 200 cm³/mol. The third-order valence-corrected chi connectivity index (χ3v) is 11.4. The molecule has 8 rings (SSSR count). The molecule has 0 unspecified atom stereocenters. The van der Waals surface area contributed by atoms with E-state index in [0.29, 0.717) is 48.4 Å². The molecule has 0 bridgehead atoms. The molecule has 0 saturated heterocycles. The number of carbonyl (C=O) groups is 2. The van der Waals surface area contributed by atoms with E-state index >= 15 is 0 Å². The van der Waals surface area contributed by atoms with Crippen LogP contribution in [0.4, 0.5) is 0 Å². The monoisotopic (exact) mass is 718 g/mol. The van der Waals surface area contributed by atoms with E-state index in [4.69, 9.17) is 23.7 Å². The largest absolute Gasteiger partial charge is 0.494 e. The number of nitrogens with zero attached hydrogens (tertiary/aromatic N) is 3.